The Bertz CT molecular complexity index is 559. The molecule has 6 nitrogen and oxygen atoms in total. The normalized spacial score (nSPS) is 26.6. The zero-order chi connectivity index (χ0) is 14.2. The molecule has 4 heterocycles. The van der Waals surface area contributed by atoms with E-state index in [9.17, 15) is 4.79 Å². The molecule has 2 atom stereocenters. The standard InChI is InChI=1S/C15H19N3O3/c19-15(18-8-10-1-3-12(18)7-16-6-10)17-11-2-4-13-14(5-11)21-9-20-13/h2,4-5,10,12,16H,1,3,6-9H2,(H,17,19)/t10-,12+/m1/s1. The predicted octanol–water partition coefficient (Wildman–Crippen LogP) is 1.63. The number of carbonyl (C=O) groups excluding carboxylic acids is 1. The number of piperidine rings is 1. The number of rotatable bonds is 1. The first-order valence-corrected chi connectivity index (χ1v) is 7.47. The van der Waals surface area contributed by atoms with Gasteiger partial charge < -0.3 is 25.0 Å². The number of amides is 2. The Morgan fingerprint density at radius 2 is 2.14 bits per heavy atom. The molecule has 0 aromatic heterocycles. The SMILES string of the molecule is O=C(Nc1ccc2c(c1)OCO2)N1C[C@@H]2CC[C@H]1CNC2. The zero-order valence-corrected chi connectivity index (χ0v) is 11.8. The van der Waals surface area contributed by atoms with E-state index in [1.54, 1.807) is 0 Å². The van der Waals surface area contributed by atoms with Crippen LogP contribution in [0.3, 0.4) is 0 Å². The quantitative estimate of drug-likeness (QED) is 0.825. The fourth-order valence-corrected chi connectivity index (χ4v) is 3.35. The fourth-order valence-electron chi connectivity index (χ4n) is 3.35. The number of nitrogens with zero attached hydrogens (tertiary/aromatic N) is 1. The lowest BCUT2D eigenvalue weighted by Gasteiger charge is -2.36. The van der Waals surface area contributed by atoms with Crippen LogP contribution in [0.25, 0.3) is 0 Å². The highest BCUT2D eigenvalue weighted by atomic mass is 16.7. The molecule has 2 amide bonds. The topological polar surface area (TPSA) is 62.8 Å². The van der Waals surface area contributed by atoms with Crippen LogP contribution in [-0.4, -0.2) is 43.4 Å². The number of carbonyl (C=O) groups is 1. The summed E-state index contributed by atoms with van der Waals surface area (Å²) in [4.78, 5) is 14.5. The van der Waals surface area contributed by atoms with Gasteiger partial charge in [0.1, 0.15) is 0 Å². The fraction of sp³-hybridized carbons (Fsp3) is 0.533. The third-order valence-electron chi connectivity index (χ3n) is 4.50. The first-order valence-electron chi connectivity index (χ1n) is 7.47. The van der Waals surface area contributed by atoms with Gasteiger partial charge >= 0.3 is 6.03 Å². The highest BCUT2D eigenvalue weighted by molar-refractivity contribution is 5.90. The van der Waals surface area contributed by atoms with Crippen molar-refractivity contribution in [2.24, 2.45) is 5.92 Å². The van der Waals surface area contributed by atoms with Crippen LogP contribution >= 0.6 is 0 Å². The lowest BCUT2D eigenvalue weighted by Crippen LogP contribution is -2.49. The van der Waals surface area contributed by atoms with Crippen molar-refractivity contribution in [1.29, 1.82) is 0 Å². The summed E-state index contributed by atoms with van der Waals surface area (Å²) < 4.78 is 10.6. The van der Waals surface area contributed by atoms with E-state index in [1.165, 1.54) is 6.42 Å². The van der Waals surface area contributed by atoms with E-state index in [0.717, 1.165) is 37.5 Å². The Hall–Kier alpha value is -1.95. The van der Waals surface area contributed by atoms with Crippen LogP contribution in [0, 0.1) is 5.92 Å². The van der Waals surface area contributed by atoms with Gasteiger partial charge in [0, 0.05) is 30.9 Å². The molecular formula is C15H19N3O3. The molecule has 3 saturated heterocycles. The molecule has 6 heteroatoms. The van der Waals surface area contributed by atoms with Crippen LogP contribution in [0.2, 0.25) is 0 Å². The number of urea groups is 1. The van der Waals surface area contributed by atoms with Crippen molar-refractivity contribution in [3.63, 3.8) is 0 Å². The molecule has 2 bridgehead atoms. The molecule has 4 aliphatic rings. The number of ether oxygens (including phenoxy) is 2. The Balaban J connectivity index is 1.48. The zero-order valence-electron chi connectivity index (χ0n) is 11.8. The molecule has 112 valence electrons. The summed E-state index contributed by atoms with van der Waals surface area (Å²) in [7, 11) is 0. The first kappa shape index (κ1) is 12.8. The van der Waals surface area contributed by atoms with Gasteiger partial charge in [0.2, 0.25) is 6.79 Å². The number of anilines is 1. The van der Waals surface area contributed by atoms with Crippen molar-refractivity contribution in [2.45, 2.75) is 18.9 Å². The van der Waals surface area contributed by atoms with Crippen molar-refractivity contribution < 1.29 is 14.3 Å². The van der Waals surface area contributed by atoms with Crippen molar-refractivity contribution in [2.75, 3.05) is 31.7 Å². The van der Waals surface area contributed by atoms with Crippen LogP contribution in [0.5, 0.6) is 11.5 Å². The van der Waals surface area contributed by atoms with Crippen molar-refractivity contribution in [3.8, 4) is 11.5 Å². The summed E-state index contributed by atoms with van der Waals surface area (Å²) in [6, 6.07) is 5.77. The largest absolute Gasteiger partial charge is 0.454 e. The molecule has 3 fully saturated rings. The Kier molecular flexibility index (Phi) is 3.11. The van der Waals surface area contributed by atoms with Gasteiger partial charge in [0.05, 0.1) is 0 Å². The number of nitrogens with one attached hydrogen (secondary N) is 2. The second-order valence-electron chi connectivity index (χ2n) is 5.91. The summed E-state index contributed by atoms with van der Waals surface area (Å²) in [5.41, 5.74) is 0.748. The lowest BCUT2D eigenvalue weighted by atomic mass is 9.95. The second kappa shape index (κ2) is 5.11. The molecule has 1 aromatic carbocycles. The minimum absolute atomic E-state index is 0.0211. The smallest absolute Gasteiger partial charge is 0.322 e. The second-order valence-corrected chi connectivity index (χ2v) is 5.91. The minimum Gasteiger partial charge on any atom is -0.454 e. The third-order valence-corrected chi connectivity index (χ3v) is 4.50. The van der Waals surface area contributed by atoms with E-state index in [4.69, 9.17) is 9.47 Å². The van der Waals surface area contributed by atoms with Gasteiger partial charge in [0.25, 0.3) is 0 Å². The average molecular weight is 289 g/mol. The maximum atomic E-state index is 12.5. The van der Waals surface area contributed by atoms with Gasteiger partial charge in [-0.15, -0.1) is 0 Å². The van der Waals surface area contributed by atoms with Gasteiger partial charge in [-0.25, -0.2) is 4.79 Å². The molecule has 0 unspecified atom stereocenters. The van der Waals surface area contributed by atoms with E-state index in [2.05, 4.69) is 10.6 Å². The molecule has 0 saturated carbocycles. The van der Waals surface area contributed by atoms with Crippen molar-refractivity contribution in [1.82, 2.24) is 10.2 Å². The number of hydrogen-bond donors (Lipinski definition) is 2. The van der Waals surface area contributed by atoms with Crippen LogP contribution in [-0.2, 0) is 0 Å². The lowest BCUT2D eigenvalue weighted by molar-refractivity contribution is 0.153. The van der Waals surface area contributed by atoms with Gasteiger partial charge in [0.15, 0.2) is 11.5 Å². The molecular weight excluding hydrogens is 270 g/mol. The molecule has 5 rings (SSSR count). The van der Waals surface area contributed by atoms with Crippen LogP contribution in [0.1, 0.15) is 12.8 Å². The van der Waals surface area contributed by atoms with Crippen LogP contribution in [0.15, 0.2) is 18.2 Å². The summed E-state index contributed by atoms with van der Waals surface area (Å²) in [6.07, 6.45) is 2.30. The van der Waals surface area contributed by atoms with E-state index in [0.29, 0.717) is 17.7 Å². The van der Waals surface area contributed by atoms with E-state index in [1.807, 2.05) is 23.1 Å². The van der Waals surface area contributed by atoms with Crippen LogP contribution < -0.4 is 20.1 Å². The number of fused-ring (bicyclic) bond motifs is 5. The van der Waals surface area contributed by atoms with E-state index >= 15 is 0 Å². The summed E-state index contributed by atoms with van der Waals surface area (Å²) in [6.45, 7) is 3.00. The van der Waals surface area contributed by atoms with Gasteiger partial charge in [-0.3, -0.25) is 0 Å². The van der Waals surface area contributed by atoms with E-state index < -0.39 is 0 Å². The third kappa shape index (κ3) is 2.40. The van der Waals surface area contributed by atoms with Crippen molar-refractivity contribution >= 4 is 11.7 Å². The van der Waals surface area contributed by atoms with Gasteiger partial charge in [-0.05, 0) is 37.4 Å². The average Bonchev–Trinajstić information content (AvgIpc) is 2.72. The maximum Gasteiger partial charge on any atom is 0.322 e. The Morgan fingerprint density at radius 1 is 1.24 bits per heavy atom. The summed E-state index contributed by atoms with van der Waals surface area (Å²) in [5.74, 6) is 1.99. The molecule has 0 radical (unpaired) electrons. The molecule has 2 N–H and O–H groups in total. The predicted molar refractivity (Wildman–Crippen MR) is 77.7 cm³/mol. The van der Waals surface area contributed by atoms with Gasteiger partial charge in [-0.2, -0.15) is 0 Å². The highest BCUT2D eigenvalue weighted by Crippen LogP contribution is 2.34. The van der Waals surface area contributed by atoms with Gasteiger partial charge in [-0.1, -0.05) is 0 Å². The Morgan fingerprint density at radius 3 is 3.10 bits per heavy atom. The van der Waals surface area contributed by atoms with Crippen LogP contribution in [0.4, 0.5) is 10.5 Å². The molecule has 4 aliphatic heterocycles. The molecule has 0 spiro atoms. The first-order chi connectivity index (χ1) is 10.3. The molecule has 1 aromatic rings. The Labute approximate surface area is 123 Å². The van der Waals surface area contributed by atoms with Crippen molar-refractivity contribution in [3.05, 3.63) is 18.2 Å². The maximum absolute atomic E-state index is 12.5. The summed E-state index contributed by atoms with van der Waals surface area (Å²) >= 11 is 0. The van der Waals surface area contributed by atoms with E-state index in [-0.39, 0.29) is 12.8 Å². The number of benzene rings is 1. The summed E-state index contributed by atoms with van der Waals surface area (Å²) in [5, 5.41) is 6.41. The number of hydrogen-bond acceptors (Lipinski definition) is 4. The monoisotopic (exact) mass is 289 g/mol. The molecule has 0 aliphatic carbocycles. The molecule has 21 heavy (non-hydrogen) atoms. The minimum atomic E-state index is -0.0211. The highest BCUT2D eigenvalue weighted by Gasteiger charge is 2.34.